The molecule has 6 rings (SSSR count). The molecule has 0 radical (unpaired) electrons. The minimum absolute atomic E-state index is 0.0540. The quantitative estimate of drug-likeness (QED) is 0.371. The lowest BCUT2D eigenvalue weighted by Crippen LogP contribution is -2.17. The summed E-state index contributed by atoms with van der Waals surface area (Å²) in [6.07, 6.45) is 7.19. The van der Waals surface area contributed by atoms with Crippen molar-refractivity contribution in [3.8, 4) is 6.07 Å². The zero-order valence-corrected chi connectivity index (χ0v) is 20.1. The second-order valence-corrected chi connectivity index (χ2v) is 10.7. The van der Waals surface area contributed by atoms with Gasteiger partial charge in [0.15, 0.2) is 17.0 Å². The van der Waals surface area contributed by atoms with Crippen LogP contribution in [0.3, 0.4) is 0 Å². The standard InChI is InChI=1S/C24H21N9O2S/c1-14-4-2-3-5-19(14)36(34,35)24-23-32-31-22(33(23)18-8-9-26-21(18)30-24)15-6-7-16(10-15)29-20-13-27-17(11-25)12-28-20/h2-5,8-9,12-13,15-16,26H,6-7,10H2,1H3,(H,28,29)/t15-,16+/m1/s1. The molecule has 4 heterocycles. The molecule has 0 unspecified atom stereocenters. The second-order valence-electron chi connectivity index (χ2n) is 8.86. The Morgan fingerprint density at radius 1 is 1.14 bits per heavy atom. The maximum atomic E-state index is 13.7. The highest BCUT2D eigenvalue weighted by Gasteiger charge is 2.33. The summed E-state index contributed by atoms with van der Waals surface area (Å²) >= 11 is 0. The Morgan fingerprint density at radius 2 is 2.00 bits per heavy atom. The van der Waals surface area contributed by atoms with Crippen molar-refractivity contribution in [1.29, 1.82) is 5.26 Å². The zero-order valence-electron chi connectivity index (χ0n) is 19.3. The van der Waals surface area contributed by atoms with E-state index >= 15 is 0 Å². The molecule has 1 saturated carbocycles. The van der Waals surface area contributed by atoms with Crippen LogP contribution in [0, 0.1) is 18.3 Å². The summed E-state index contributed by atoms with van der Waals surface area (Å²) in [5, 5.41) is 21.0. The van der Waals surface area contributed by atoms with E-state index in [1.165, 1.54) is 6.20 Å². The number of sulfone groups is 1. The van der Waals surface area contributed by atoms with E-state index in [0.29, 0.717) is 22.9 Å². The number of hydrogen-bond donors (Lipinski definition) is 2. The maximum absolute atomic E-state index is 13.7. The summed E-state index contributed by atoms with van der Waals surface area (Å²) in [5.41, 5.74) is 2.30. The highest BCUT2D eigenvalue weighted by Crippen LogP contribution is 2.37. The number of H-pyrrole nitrogens is 1. The van der Waals surface area contributed by atoms with E-state index in [1.807, 2.05) is 16.5 Å². The second kappa shape index (κ2) is 8.39. The molecule has 0 saturated heterocycles. The van der Waals surface area contributed by atoms with Gasteiger partial charge in [-0.25, -0.2) is 23.4 Å². The van der Waals surface area contributed by atoms with Gasteiger partial charge >= 0.3 is 0 Å². The van der Waals surface area contributed by atoms with Gasteiger partial charge in [0.05, 0.1) is 22.8 Å². The molecule has 4 aromatic heterocycles. The number of aromatic nitrogens is 7. The topological polar surface area (TPSA) is 155 Å². The number of aryl methyl sites for hydroxylation is 1. The lowest BCUT2D eigenvalue weighted by molar-refractivity contribution is 0.592. The lowest BCUT2D eigenvalue weighted by Gasteiger charge is -2.14. The van der Waals surface area contributed by atoms with Crippen molar-refractivity contribution in [2.45, 2.75) is 48.1 Å². The number of nitrogens with zero attached hydrogens (tertiary/aromatic N) is 7. The zero-order chi connectivity index (χ0) is 24.9. The average molecular weight is 500 g/mol. The summed E-state index contributed by atoms with van der Waals surface area (Å²) in [6, 6.07) is 10.8. The fraction of sp³-hybridized carbons (Fsp3) is 0.250. The van der Waals surface area contributed by atoms with Crippen molar-refractivity contribution in [2.75, 3.05) is 5.32 Å². The molecular weight excluding hydrogens is 478 g/mol. The Morgan fingerprint density at radius 3 is 2.78 bits per heavy atom. The first-order valence-electron chi connectivity index (χ1n) is 11.5. The van der Waals surface area contributed by atoms with Gasteiger partial charge in [0.1, 0.15) is 17.7 Å². The van der Waals surface area contributed by atoms with E-state index in [9.17, 15) is 8.42 Å². The van der Waals surface area contributed by atoms with E-state index < -0.39 is 9.84 Å². The van der Waals surface area contributed by atoms with E-state index in [0.717, 1.165) is 24.8 Å². The van der Waals surface area contributed by atoms with Crippen molar-refractivity contribution in [1.82, 2.24) is 34.5 Å². The molecule has 0 amide bonds. The molecule has 180 valence electrons. The first-order valence-corrected chi connectivity index (χ1v) is 13.0. The van der Waals surface area contributed by atoms with Crippen molar-refractivity contribution in [3.63, 3.8) is 0 Å². The van der Waals surface area contributed by atoms with Crippen LogP contribution in [-0.2, 0) is 9.84 Å². The number of nitriles is 1. The number of nitrogens with one attached hydrogen (secondary N) is 2. The first-order chi connectivity index (χ1) is 17.5. The number of rotatable bonds is 5. The van der Waals surface area contributed by atoms with Crippen LogP contribution in [0.1, 0.15) is 42.3 Å². The van der Waals surface area contributed by atoms with Crippen LogP contribution in [0.4, 0.5) is 5.82 Å². The van der Waals surface area contributed by atoms with Crippen LogP contribution in [0.15, 0.2) is 58.8 Å². The molecule has 0 aliphatic heterocycles. The predicted molar refractivity (Wildman–Crippen MR) is 130 cm³/mol. The summed E-state index contributed by atoms with van der Waals surface area (Å²) in [7, 11) is -3.94. The predicted octanol–water partition coefficient (Wildman–Crippen LogP) is 3.16. The summed E-state index contributed by atoms with van der Waals surface area (Å²) in [6.45, 7) is 1.76. The Balaban J connectivity index is 1.39. The minimum atomic E-state index is -3.94. The van der Waals surface area contributed by atoms with Gasteiger partial charge in [-0.15, -0.1) is 10.2 Å². The monoisotopic (exact) mass is 499 g/mol. The van der Waals surface area contributed by atoms with Crippen LogP contribution in [0.2, 0.25) is 0 Å². The Bertz CT molecular complexity index is 1750. The van der Waals surface area contributed by atoms with Crippen LogP contribution in [0.25, 0.3) is 16.8 Å². The molecule has 0 bridgehead atoms. The van der Waals surface area contributed by atoms with Gasteiger partial charge in [-0.2, -0.15) is 5.26 Å². The third-order valence-corrected chi connectivity index (χ3v) is 8.41. The SMILES string of the molecule is Cc1ccccc1S(=O)(=O)c1nc2[nH]ccc2n2c([C@@H]3CC[C@H](Nc4cnc(C#N)cn4)C3)nnc12. The van der Waals surface area contributed by atoms with Crippen molar-refractivity contribution < 1.29 is 8.42 Å². The Kier molecular flexibility index (Phi) is 5.15. The molecule has 2 N–H and O–H groups in total. The average Bonchev–Trinajstić information content (AvgIpc) is 3.63. The normalized spacial score (nSPS) is 18.0. The molecule has 11 nitrogen and oxygen atoms in total. The first kappa shape index (κ1) is 22.1. The summed E-state index contributed by atoms with van der Waals surface area (Å²) in [4.78, 5) is 16.0. The van der Waals surface area contributed by atoms with Gasteiger partial charge < -0.3 is 10.3 Å². The van der Waals surface area contributed by atoms with Crippen molar-refractivity contribution in [3.05, 3.63) is 66.0 Å². The largest absolute Gasteiger partial charge is 0.366 e. The van der Waals surface area contributed by atoms with Crippen LogP contribution >= 0.6 is 0 Å². The minimum Gasteiger partial charge on any atom is -0.366 e. The van der Waals surface area contributed by atoms with Crippen molar-refractivity contribution >= 4 is 32.5 Å². The third-order valence-electron chi connectivity index (χ3n) is 6.59. The van der Waals surface area contributed by atoms with Gasteiger partial charge in [0, 0.05) is 18.2 Å². The van der Waals surface area contributed by atoms with Gasteiger partial charge in [-0.1, -0.05) is 18.2 Å². The smallest absolute Gasteiger partial charge is 0.228 e. The highest BCUT2D eigenvalue weighted by atomic mass is 32.2. The Hall–Kier alpha value is -4.37. The van der Waals surface area contributed by atoms with Gasteiger partial charge in [-0.05, 0) is 43.9 Å². The summed E-state index contributed by atoms with van der Waals surface area (Å²) in [5.74, 6) is 1.36. The van der Waals surface area contributed by atoms with Gasteiger partial charge in [0.25, 0.3) is 0 Å². The fourth-order valence-corrected chi connectivity index (χ4v) is 6.41. The van der Waals surface area contributed by atoms with Gasteiger partial charge in [0.2, 0.25) is 14.9 Å². The van der Waals surface area contributed by atoms with Gasteiger partial charge in [-0.3, -0.25) is 4.40 Å². The van der Waals surface area contributed by atoms with E-state index in [2.05, 4.69) is 35.5 Å². The molecule has 1 aliphatic rings. The molecule has 1 aliphatic carbocycles. The third kappa shape index (κ3) is 3.56. The van der Waals surface area contributed by atoms with E-state index in [4.69, 9.17) is 5.26 Å². The number of fused-ring (bicyclic) bond motifs is 3. The molecule has 1 fully saturated rings. The number of aromatic amines is 1. The van der Waals surface area contributed by atoms with Crippen LogP contribution in [0.5, 0.6) is 0 Å². The highest BCUT2D eigenvalue weighted by molar-refractivity contribution is 7.91. The molecule has 12 heteroatoms. The fourth-order valence-electron chi connectivity index (χ4n) is 4.87. The molecule has 2 atom stereocenters. The maximum Gasteiger partial charge on any atom is 0.228 e. The molecular formula is C24H21N9O2S. The van der Waals surface area contributed by atoms with Crippen LogP contribution < -0.4 is 5.32 Å². The summed E-state index contributed by atoms with van der Waals surface area (Å²) < 4.78 is 29.1. The van der Waals surface area contributed by atoms with E-state index in [1.54, 1.807) is 43.6 Å². The lowest BCUT2D eigenvalue weighted by atomic mass is 10.1. The Labute approximate surface area is 206 Å². The number of benzene rings is 1. The molecule has 5 aromatic rings. The number of anilines is 1. The molecule has 0 spiro atoms. The number of hydrogen-bond acceptors (Lipinski definition) is 9. The van der Waals surface area contributed by atoms with Crippen molar-refractivity contribution in [2.24, 2.45) is 0 Å². The molecule has 36 heavy (non-hydrogen) atoms. The van der Waals surface area contributed by atoms with Crippen LogP contribution in [-0.4, -0.2) is 49.0 Å². The van der Waals surface area contributed by atoms with E-state index in [-0.39, 0.29) is 33.2 Å². The molecule has 1 aromatic carbocycles.